The minimum absolute atomic E-state index is 0.0293. The molecule has 1 N–H and O–H groups in total. The second kappa shape index (κ2) is 10.7. The number of benzene rings is 3. The van der Waals surface area contributed by atoms with E-state index < -0.39 is 0 Å². The van der Waals surface area contributed by atoms with Crippen LogP contribution in [-0.4, -0.2) is 33.5 Å². The molecule has 168 valence electrons. The van der Waals surface area contributed by atoms with E-state index >= 15 is 0 Å². The van der Waals surface area contributed by atoms with E-state index in [1.807, 2.05) is 96.5 Å². The lowest BCUT2D eigenvalue weighted by molar-refractivity contribution is -0.115. The first kappa shape index (κ1) is 22.4. The van der Waals surface area contributed by atoms with E-state index in [9.17, 15) is 4.79 Å². The molecule has 4 rings (SSSR count). The van der Waals surface area contributed by atoms with Gasteiger partial charge in [-0.15, -0.1) is 10.2 Å². The number of aromatic nitrogens is 3. The van der Waals surface area contributed by atoms with Gasteiger partial charge >= 0.3 is 0 Å². The largest absolute Gasteiger partial charge is 0.497 e. The van der Waals surface area contributed by atoms with Gasteiger partial charge in [-0.1, -0.05) is 48.2 Å². The number of anilines is 3. The summed E-state index contributed by atoms with van der Waals surface area (Å²) >= 11 is 1.37. The quantitative estimate of drug-likeness (QED) is 0.359. The summed E-state index contributed by atoms with van der Waals surface area (Å²) in [6, 6.07) is 27.0. The van der Waals surface area contributed by atoms with Crippen LogP contribution in [0.25, 0.3) is 0 Å². The molecular formula is C25H25N5O2S. The van der Waals surface area contributed by atoms with Crippen LogP contribution in [0.15, 0.2) is 90.1 Å². The SMILES string of the molecule is COc1ccc(NCc2nnc(SCC(=O)N(c3ccccc3)c3ccccc3)n2C)cc1. The van der Waals surface area contributed by atoms with Crippen LogP contribution < -0.4 is 15.0 Å². The predicted molar refractivity (Wildman–Crippen MR) is 132 cm³/mol. The lowest BCUT2D eigenvalue weighted by Crippen LogP contribution is -2.27. The molecule has 0 saturated carbocycles. The fraction of sp³-hybridized carbons (Fsp3) is 0.160. The second-order valence-corrected chi connectivity index (χ2v) is 8.17. The number of methoxy groups -OCH3 is 1. The van der Waals surface area contributed by atoms with Gasteiger partial charge in [0.15, 0.2) is 11.0 Å². The third kappa shape index (κ3) is 5.53. The first-order valence-corrected chi connectivity index (χ1v) is 11.5. The Balaban J connectivity index is 1.41. The van der Waals surface area contributed by atoms with Gasteiger partial charge in [-0.3, -0.25) is 9.69 Å². The van der Waals surface area contributed by atoms with Crippen LogP contribution in [-0.2, 0) is 18.4 Å². The maximum atomic E-state index is 13.2. The number of hydrogen-bond acceptors (Lipinski definition) is 6. The molecule has 1 aromatic heterocycles. The standard InChI is InChI=1S/C25H25N5O2S/c1-29-23(17-26-19-13-15-22(32-2)16-14-19)27-28-25(29)33-18-24(31)30(20-9-5-3-6-10-20)21-11-7-4-8-12-21/h3-16,26H,17-18H2,1-2H3. The number of amides is 1. The van der Waals surface area contributed by atoms with E-state index in [0.717, 1.165) is 28.6 Å². The van der Waals surface area contributed by atoms with Gasteiger partial charge < -0.3 is 14.6 Å². The Morgan fingerprint density at radius 1 is 0.939 bits per heavy atom. The monoisotopic (exact) mass is 459 g/mol. The van der Waals surface area contributed by atoms with E-state index in [1.54, 1.807) is 12.0 Å². The van der Waals surface area contributed by atoms with Crippen molar-refractivity contribution < 1.29 is 9.53 Å². The summed E-state index contributed by atoms with van der Waals surface area (Å²) in [6.07, 6.45) is 0. The summed E-state index contributed by atoms with van der Waals surface area (Å²) in [5, 5.41) is 12.6. The molecule has 0 aliphatic rings. The molecule has 8 heteroatoms. The fourth-order valence-electron chi connectivity index (χ4n) is 3.30. The molecule has 33 heavy (non-hydrogen) atoms. The van der Waals surface area contributed by atoms with Crippen molar-refractivity contribution in [3.05, 3.63) is 90.8 Å². The van der Waals surface area contributed by atoms with Crippen molar-refractivity contribution in [2.45, 2.75) is 11.7 Å². The van der Waals surface area contributed by atoms with Gasteiger partial charge in [0.05, 0.1) is 19.4 Å². The molecule has 0 aliphatic carbocycles. The second-order valence-electron chi connectivity index (χ2n) is 7.23. The van der Waals surface area contributed by atoms with Crippen molar-refractivity contribution in [1.82, 2.24) is 14.8 Å². The number of rotatable bonds is 9. The van der Waals surface area contributed by atoms with Crippen LogP contribution in [0.4, 0.5) is 17.1 Å². The van der Waals surface area contributed by atoms with Crippen molar-refractivity contribution >= 4 is 34.7 Å². The van der Waals surface area contributed by atoms with Crippen LogP contribution in [0.5, 0.6) is 5.75 Å². The summed E-state index contributed by atoms with van der Waals surface area (Å²) in [4.78, 5) is 15.0. The van der Waals surface area contributed by atoms with Crippen molar-refractivity contribution in [2.24, 2.45) is 7.05 Å². The molecule has 0 unspecified atom stereocenters. The van der Waals surface area contributed by atoms with Gasteiger partial charge in [-0.2, -0.15) is 0 Å². The zero-order valence-electron chi connectivity index (χ0n) is 18.5. The van der Waals surface area contributed by atoms with E-state index in [-0.39, 0.29) is 11.7 Å². The molecular weight excluding hydrogens is 434 g/mol. The number of nitrogens with one attached hydrogen (secondary N) is 1. The van der Waals surface area contributed by atoms with Gasteiger partial charge in [0.25, 0.3) is 0 Å². The van der Waals surface area contributed by atoms with Gasteiger partial charge in [0, 0.05) is 24.1 Å². The Labute approximate surface area is 197 Å². The van der Waals surface area contributed by atoms with Crippen LogP contribution in [0.2, 0.25) is 0 Å². The first-order chi connectivity index (χ1) is 16.2. The molecule has 7 nitrogen and oxygen atoms in total. The number of para-hydroxylation sites is 2. The molecule has 0 saturated heterocycles. The molecule has 0 aliphatic heterocycles. The normalized spacial score (nSPS) is 10.6. The van der Waals surface area contributed by atoms with Gasteiger partial charge in [0.2, 0.25) is 5.91 Å². The van der Waals surface area contributed by atoms with Crippen LogP contribution in [0.3, 0.4) is 0 Å². The summed E-state index contributed by atoms with van der Waals surface area (Å²) in [7, 11) is 3.55. The van der Waals surface area contributed by atoms with E-state index in [4.69, 9.17) is 4.74 Å². The molecule has 0 bridgehead atoms. The Morgan fingerprint density at radius 2 is 1.55 bits per heavy atom. The fourth-order valence-corrected chi connectivity index (χ4v) is 4.08. The Kier molecular flexibility index (Phi) is 7.26. The summed E-state index contributed by atoms with van der Waals surface area (Å²) in [5.41, 5.74) is 2.62. The maximum absolute atomic E-state index is 13.2. The molecule has 0 radical (unpaired) electrons. The molecule has 3 aromatic carbocycles. The van der Waals surface area contributed by atoms with Gasteiger partial charge in [-0.25, -0.2) is 0 Å². The first-order valence-electron chi connectivity index (χ1n) is 10.5. The van der Waals surface area contributed by atoms with Gasteiger partial charge in [0.1, 0.15) is 5.75 Å². The zero-order chi connectivity index (χ0) is 23.0. The Morgan fingerprint density at radius 3 is 2.12 bits per heavy atom. The molecule has 1 heterocycles. The van der Waals surface area contributed by atoms with E-state index in [0.29, 0.717) is 11.7 Å². The number of carbonyl (C=O) groups excluding carboxylic acids is 1. The third-order valence-electron chi connectivity index (χ3n) is 5.07. The number of nitrogens with zero attached hydrogens (tertiary/aromatic N) is 4. The van der Waals surface area contributed by atoms with Crippen LogP contribution in [0.1, 0.15) is 5.82 Å². The lowest BCUT2D eigenvalue weighted by Gasteiger charge is -2.22. The molecule has 1 amide bonds. The zero-order valence-corrected chi connectivity index (χ0v) is 19.3. The van der Waals surface area contributed by atoms with Crippen molar-refractivity contribution in [3.8, 4) is 5.75 Å². The molecule has 0 fully saturated rings. The highest BCUT2D eigenvalue weighted by molar-refractivity contribution is 7.99. The average molecular weight is 460 g/mol. The number of hydrogen-bond donors (Lipinski definition) is 1. The van der Waals surface area contributed by atoms with Crippen LogP contribution >= 0.6 is 11.8 Å². The smallest absolute Gasteiger partial charge is 0.242 e. The van der Waals surface area contributed by atoms with Crippen molar-refractivity contribution in [2.75, 3.05) is 23.1 Å². The lowest BCUT2D eigenvalue weighted by atomic mass is 10.2. The third-order valence-corrected chi connectivity index (χ3v) is 6.07. The maximum Gasteiger partial charge on any atom is 0.242 e. The highest BCUT2D eigenvalue weighted by Gasteiger charge is 2.19. The average Bonchev–Trinajstić information content (AvgIpc) is 3.22. The summed E-state index contributed by atoms with van der Waals surface area (Å²) in [6.45, 7) is 0.518. The minimum atomic E-state index is -0.0293. The number of carbonyl (C=O) groups is 1. The highest BCUT2D eigenvalue weighted by atomic mass is 32.2. The van der Waals surface area contributed by atoms with Crippen LogP contribution in [0, 0.1) is 0 Å². The van der Waals surface area contributed by atoms with Gasteiger partial charge in [-0.05, 0) is 48.5 Å². The molecule has 0 atom stereocenters. The van der Waals surface area contributed by atoms with E-state index in [2.05, 4.69) is 15.5 Å². The predicted octanol–water partition coefficient (Wildman–Crippen LogP) is 4.89. The molecule has 0 spiro atoms. The summed E-state index contributed by atoms with van der Waals surface area (Å²) in [5.74, 6) is 1.80. The topological polar surface area (TPSA) is 72.3 Å². The number of ether oxygens (including phenoxy) is 1. The van der Waals surface area contributed by atoms with Crippen molar-refractivity contribution in [1.29, 1.82) is 0 Å². The highest BCUT2D eigenvalue weighted by Crippen LogP contribution is 2.27. The number of thioether (sulfide) groups is 1. The summed E-state index contributed by atoms with van der Waals surface area (Å²) < 4.78 is 7.09. The van der Waals surface area contributed by atoms with Crippen molar-refractivity contribution in [3.63, 3.8) is 0 Å². The Hall–Kier alpha value is -3.78. The molecule has 4 aromatic rings. The Bertz CT molecular complexity index is 1140. The minimum Gasteiger partial charge on any atom is -0.497 e. The van der Waals surface area contributed by atoms with E-state index in [1.165, 1.54) is 11.8 Å².